The Morgan fingerprint density at radius 1 is 1.19 bits per heavy atom. The van der Waals surface area contributed by atoms with E-state index in [1.54, 1.807) is 43.3 Å². The van der Waals surface area contributed by atoms with Crippen molar-refractivity contribution < 1.29 is 0 Å². The molecule has 0 aliphatic heterocycles. The standard InChI is InChI=1S/C14H15ClN4O2/c1-17(2)9-16-12-11(15)13(20)18(3)14(21)19(12)10-7-5-4-6-8-10/h4-9H,1-3H3/b16-9+. The number of rotatable bonds is 3. The molecule has 0 aliphatic carbocycles. The van der Waals surface area contributed by atoms with Crippen LogP contribution < -0.4 is 11.2 Å². The molecule has 1 aromatic heterocycles. The highest BCUT2D eigenvalue weighted by Gasteiger charge is 2.16. The Hall–Kier alpha value is -2.34. The molecule has 0 amide bonds. The van der Waals surface area contributed by atoms with Crippen LogP contribution in [0.1, 0.15) is 0 Å². The average Bonchev–Trinajstić information content (AvgIpc) is 2.48. The normalized spacial score (nSPS) is 11.0. The molecule has 0 radical (unpaired) electrons. The largest absolute Gasteiger partial charge is 0.369 e. The van der Waals surface area contributed by atoms with Gasteiger partial charge in [-0.1, -0.05) is 29.8 Å². The van der Waals surface area contributed by atoms with Gasteiger partial charge in [0.15, 0.2) is 5.82 Å². The summed E-state index contributed by atoms with van der Waals surface area (Å²) in [6, 6.07) is 8.91. The number of aromatic nitrogens is 2. The molecule has 21 heavy (non-hydrogen) atoms. The predicted molar refractivity (Wildman–Crippen MR) is 84.1 cm³/mol. The third-order valence-electron chi connectivity index (χ3n) is 2.80. The predicted octanol–water partition coefficient (Wildman–Crippen LogP) is 1.41. The lowest BCUT2D eigenvalue weighted by atomic mass is 10.3. The van der Waals surface area contributed by atoms with Crippen LogP contribution in [0.15, 0.2) is 44.9 Å². The minimum Gasteiger partial charge on any atom is -0.369 e. The summed E-state index contributed by atoms with van der Waals surface area (Å²) < 4.78 is 2.27. The molecule has 2 rings (SSSR count). The zero-order valence-corrected chi connectivity index (χ0v) is 12.7. The molecule has 0 saturated carbocycles. The van der Waals surface area contributed by atoms with E-state index in [2.05, 4.69) is 4.99 Å². The Morgan fingerprint density at radius 2 is 1.81 bits per heavy atom. The first-order valence-electron chi connectivity index (χ1n) is 6.21. The molecule has 0 bridgehead atoms. The monoisotopic (exact) mass is 306 g/mol. The second kappa shape index (κ2) is 5.97. The first kappa shape index (κ1) is 15.1. The van der Waals surface area contributed by atoms with Gasteiger partial charge >= 0.3 is 5.69 Å². The fraction of sp³-hybridized carbons (Fsp3) is 0.214. The van der Waals surface area contributed by atoms with Crippen LogP contribution in [0, 0.1) is 0 Å². The molecule has 0 N–H and O–H groups in total. The van der Waals surface area contributed by atoms with Gasteiger partial charge in [-0.25, -0.2) is 14.4 Å². The smallest absolute Gasteiger partial charge is 0.337 e. The molecule has 1 heterocycles. The summed E-state index contributed by atoms with van der Waals surface area (Å²) in [5.41, 5.74) is -0.479. The maximum Gasteiger partial charge on any atom is 0.337 e. The third-order valence-corrected chi connectivity index (χ3v) is 3.13. The number of hydrogen-bond donors (Lipinski definition) is 0. The van der Waals surface area contributed by atoms with Gasteiger partial charge in [-0.05, 0) is 12.1 Å². The molecule has 110 valence electrons. The molecule has 0 saturated heterocycles. The molecular formula is C14H15ClN4O2. The first-order chi connectivity index (χ1) is 9.93. The van der Waals surface area contributed by atoms with Crippen LogP contribution in [0.4, 0.5) is 5.82 Å². The summed E-state index contributed by atoms with van der Waals surface area (Å²) in [7, 11) is 4.95. The highest BCUT2D eigenvalue weighted by molar-refractivity contribution is 6.32. The van der Waals surface area contributed by atoms with E-state index in [4.69, 9.17) is 11.6 Å². The Labute approximate surface area is 126 Å². The Morgan fingerprint density at radius 3 is 2.38 bits per heavy atom. The van der Waals surface area contributed by atoms with Crippen LogP contribution in [0.3, 0.4) is 0 Å². The van der Waals surface area contributed by atoms with Crippen molar-refractivity contribution in [2.45, 2.75) is 0 Å². The second-order valence-electron chi connectivity index (χ2n) is 4.66. The maximum absolute atomic E-state index is 12.4. The Bertz CT molecular complexity index is 791. The first-order valence-corrected chi connectivity index (χ1v) is 6.59. The SMILES string of the molecule is CN(C)/C=N/c1c(Cl)c(=O)n(C)c(=O)n1-c1ccccc1. The van der Waals surface area contributed by atoms with Crippen molar-refractivity contribution in [1.29, 1.82) is 0 Å². The minimum atomic E-state index is -0.570. The molecule has 0 spiro atoms. The molecular weight excluding hydrogens is 292 g/mol. The maximum atomic E-state index is 12.4. The summed E-state index contributed by atoms with van der Waals surface area (Å²) in [6.45, 7) is 0. The number of halogens is 1. The lowest BCUT2D eigenvalue weighted by molar-refractivity contribution is 0.641. The summed E-state index contributed by atoms with van der Waals surface area (Å²) in [5.74, 6) is 0.115. The molecule has 0 aliphatic rings. The van der Waals surface area contributed by atoms with E-state index in [0.29, 0.717) is 5.69 Å². The molecule has 0 unspecified atom stereocenters. The summed E-state index contributed by atoms with van der Waals surface area (Å²) in [4.78, 5) is 30.2. The van der Waals surface area contributed by atoms with Gasteiger partial charge in [0.1, 0.15) is 5.02 Å². The van der Waals surface area contributed by atoms with Crippen LogP contribution in [0.5, 0.6) is 0 Å². The fourth-order valence-electron chi connectivity index (χ4n) is 1.76. The van der Waals surface area contributed by atoms with Crippen molar-refractivity contribution in [3.63, 3.8) is 0 Å². The van der Waals surface area contributed by atoms with E-state index in [0.717, 1.165) is 4.57 Å². The summed E-state index contributed by atoms with van der Waals surface area (Å²) >= 11 is 6.08. The van der Waals surface area contributed by atoms with Crippen LogP contribution in [0.25, 0.3) is 5.69 Å². The van der Waals surface area contributed by atoms with Crippen molar-refractivity contribution in [3.8, 4) is 5.69 Å². The van der Waals surface area contributed by atoms with Crippen LogP contribution in [-0.4, -0.2) is 34.5 Å². The number of hydrogen-bond acceptors (Lipinski definition) is 3. The minimum absolute atomic E-state index is 0.0981. The van der Waals surface area contributed by atoms with E-state index in [-0.39, 0.29) is 10.8 Å². The molecule has 2 aromatic rings. The molecule has 1 aromatic carbocycles. The van der Waals surface area contributed by atoms with Gasteiger partial charge in [-0.15, -0.1) is 0 Å². The van der Waals surface area contributed by atoms with E-state index >= 15 is 0 Å². The number of benzene rings is 1. The number of para-hydroxylation sites is 1. The van der Waals surface area contributed by atoms with Gasteiger partial charge < -0.3 is 4.90 Å². The summed E-state index contributed by atoms with van der Waals surface area (Å²) in [6.07, 6.45) is 1.49. The van der Waals surface area contributed by atoms with Gasteiger partial charge in [0.2, 0.25) is 0 Å². The van der Waals surface area contributed by atoms with Gasteiger partial charge in [0.05, 0.1) is 12.0 Å². The third kappa shape index (κ3) is 2.90. The quantitative estimate of drug-likeness (QED) is 0.636. The number of aliphatic imine (C=N–C) groups is 1. The molecule has 6 nitrogen and oxygen atoms in total. The van der Waals surface area contributed by atoms with Crippen LogP contribution >= 0.6 is 11.6 Å². The molecule has 0 atom stereocenters. The Kier molecular flexibility index (Phi) is 4.28. The fourth-order valence-corrected chi connectivity index (χ4v) is 2.02. The van der Waals surface area contributed by atoms with Crippen molar-refractivity contribution >= 4 is 23.8 Å². The van der Waals surface area contributed by atoms with Gasteiger partial charge in [0, 0.05) is 21.1 Å². The van der Waals surface area contributed by atoms with Crippen molar-refractivity contribution in [3.05, 3.63) is 56.2 Å². The second-order valence-corrected chi connectivity index (χ2v) is 5.04. The summed E-state index contributed by atoms with van der Waals surface area (Å²) in [5, 5.41) is -0.0981. The van der Waals surface area contributed by atoms with Crippen LogP contribution in [0.2, 0.25) is 5.02 Å². The van der Waals surface area contributed by atoms with Gasteiger partial charge in [-0.3, -0.25) is 9.36 Å². The van der Waals surface area contributed by atoms with Gasteiger partial charge in [-0.2, -0.15) is 0 Å². The van der Waals surface area contributed by atoms with E-state index < -0.39 is 11.2 Å². The highest BCUT2D eigenvalue weighted by atomic mass is 35.5. The lowest BCUT2D eigenvalue weighted by Crippen LogP contribution is -2.37. The number of nitrogens with zero attached hydrogens (tertiary/aromatic N) is 4. The van der Waals surface area contributed by atoms with E-state index in [9.17, 15) is 9.59 Å². The van der Waals surface area contributed by atoms with Gasteiger partial charge in [0.25, 0.3) is 5.56 Å². The average molecular weight is 307 g/mol. The van der Waals surface area contributed by atoms with Crippen LogP contribution in [-0.2, 0) is 7.05 Å². The highest BCUT2D eigenvalue weighted by Crippen LogP contribution is 2.22. The van der Waals surface area contributed by atoms with E-state index in [1.165, 1.54) is 18.0 Å². The van der Waals surface area contributed by atoms with Crippen molar-refractivity contribution in [2.75, 3.05) is 14.1 Å². The lowest BCUT2D eigenvalue weighted by Gasteiger charge is -2.13. The zero-order chi connectivity index (χ0) is 15.6. The topological polar surface area (TPSA) is 59.6 Å². The molecule has 7 heteroatoms. The van der Waals surface area contributed by atoms with Crippen molar-refractivity contribution in [2.24, 2.45) is 12.0 Å². The molecule has 0 fully saturated rings. The van der Waals surface area contributed by atoms with E-state index in [1.807, 2.05) is 6.07 Å². The Balaban J connectivity index is 2.85. The van der Waals surface area contributed by atoms with Crippen molar-refractivity contribution in [1.82, 2.24) is 14.0 Å². The zero-order valence-electron chi connectivity index (χ0n) is 11.9.